The molecule has 1 aliphatic rings. The fourth-order valence-corrected chi connectivity index (χ4v) is 5.29. The Morgan fingerprint density at radius 2 is 1.76 bits per heavy atom. The molecule has 0 spiro atoms. The van der Waals surface area contributed by atoms with Crippen LogP contribution in [0.3, 0.4) is 0 Å². The Balaban J connectivity index is 1.28. The fraction of sp³-hybridized carbons (Fsp3) is 0.125. The van der Waals surface area contributed by atoms with E-state index in [0.717, 1.165) is 28.5 Å². The molecule has 2 atom stereocenters. The predicted octanol–water partition coefficient (Wildman–Crippen LogP) is 5.77. The molecular weight excluding hydrogens is 532 g/mol. The van der Waals surface area contributed by atoms with Crippen molar-refractivity contribution in [3.05, 3.63) is 133 Å². The third kappa shape index (κ3) is 5.66. The Morgan fingerprint density at radius 3 is 2.49 bits per heavy atom. The molecule has 1 amide bonds. The maximum atomic E-state index is 12.5. The van der Waals surface area contributed by atoms with Crippen LogP contribution in [-0.4, -0.2) is 32.2 Å². The summed E-state index contributed by atoms with van der Waals surface area (Å²) in [7, 11) is 0. The molecule has 204 valence electrons. The Labute approximate surface area is 243 Å². The van der Waals surface area contributed by atoms with Crippen molar-refractivity contribution in [2.75, 3.05) is 16.8 Å². The average Bonchev–Trinajstić information content (AvgIpc) is 3.62. The number of aryl methyl sites for hydroxylation is 1. The largest absolute Gasteiger partial charge is 0.484 e. The molecule has 0 aliphatic carbocycles. The lowest BCUT2D eigenvalue weighted by Crippen LogP contribution is -2.30. The molecule has 3 aromatic heterocycles. The number of thiocarbonyl (C=S) groups is 1. The van der Waals surface area contributed by atoms with Crippen LogP contribution in [0.25, 0.3) is 5.82 Å². The van der Waals surface area contributed by atoms with Crippen LogP contribution in [0, 0.1) is 6.92 Å². The van der Waals surface area contributed by atoms with Crippen molar-refractivity contribution in [2.24, 2.45) is 0 Å². The first-order valence-electron chi connectivity index (χ1n) is 13.3. The highest BCUT2D eigenvalue weighted by Gasteiger charge is 2.42. The van der Waals surface area contributed by atoms with E-state index < -0.39 is 0 Å². The highest BCUT2D eigenvalue weighted by molar-refractivity contribution is 7.80. The van der Waals surface area contributed by atoms with Gasteiger partial charge in [0, 0.05) is 35.7 Å². The van der Waals surface area contributed by atoms with Crippen LogP contribution >= 0.6 is 12.2 Å². The summed E-state index contributed by atoms with van der Waals surface area (Å²) in [4.78, 5) is 23.9. The minimum Gasteiger partial charge on any atom is -0.484 e. The summed E-state index contributed by atoms with van der Waals surface area (Å²) >= 11 is 5.89. The number of amides is 1. The van der Waals surface area contributed by atoms with Crippen molar-refractivity contribution < 1.29 is 9.53 Å². The van der Waals surface area contributed by atoms with E-state index >= 15 is 0 Å². The van der Waals surface area contributed by atoms with Gasteiger partial charge in [0.25, 0.3) is 5.91 Å². The van der Waals surface area contributed by atoms with Crippen molar-refractivity contribution >= 4 is 34.6 Å². The smallest absolute Gasteiger partial charge is 0.262 e. The Hall–Kier alpha value is -5.02. The first kappa shape index (κ1) is 26.2. The number of carbonyl (C=O) groups excluding carboxylic acids is 1. The van der Waals surface area contributed by atoms with Crippen molar-refractivity contribution in [3.63, 3.8) is 0 Å². The van der Waals surface area contributed by atoms with Gasteiger partial charge in [-0.1, -0.05) is 30.3 Å². The van der Waals surface area contributed by atoms with Crippen LogP contribution in [0.4, 0.5) is 11.4 Å². The number of ether oxygens (including phenoxy) is 1. The van der Waals surface area contributed by atoms with Crippen molar-refractivity contribution in [1.29, 1.82) is 0 Å². The lowest BCUT2D eigenvalue weighted by Gasteiger charge is -2.29. The molecule has 0 bridgehead atoms. The van der Waals surface area contributed by atoms with E-state index in [9.17, 15) is 4.79 Å². The Morgan fingerprint density at radius 1 is 0.951 bits per heavy atom. The van der Waals surface area contributed by atoms with E-state index in [2.05, 4.69) is 42.2 Å². The molecule has 1 saturated heterocycles. The van der Waals surface area contributed by atoms with E-state index in [4.69, 9.17) is 17.0 Å². The van der Waals surface area contributed by atoms with Gasteiger partial charge in [-0.25, -0.2) is 4.98 Å². The molecule has 41 heavy (non-hydrogen) atoms. The second-order valence-corrected chi connectivity index (χ2v) is 10.1. The second kappa shape index (κ2) is 11.6. The van der Waals surface area contributed by atoms with Gasteiger partial charge in [-0.15, -0.1) is 0 Å². The van der Waals surface area contributed by atoms with Crippen molar-refractivity contribution in [1.82, 2.24) is 19.9 Å². The summed E-state index contributed by atoms with van der Waals surface area (Å²) in [6.45, 7) is 1.94. The molecule has 1 fully saturated rings. The summed E-state index contributed by atoms with van der Waals surface area (Å²) in [6, 6.07) is 30.5. The van der Waals surface area contributed by atoms with Gasteiger partial charge < -0.3 is 24.8 Å². The van der Waals surface area contributed by atoms with Crippen LogP contribution < -0.4 is 20.3 Å². The molecule has 2 aromatic carbocycles. The molecule has 8 nitrogen and oxygen atoms in total. The highest BCUT2D eigenvalue weighted by Crippen LogP contribution is 2.42. The number of hydrogen-bond acceptors (Lipinski definition) is 5. The zero-order valence-electron chi connectivity index (χ0n) is 22.3. The summed E-state index contributed by atoms with van der Waals surface area (Å²) in [5.41, 5.74) is 4.54. The molecule has 0 radical (unpaired) electrons. The van der Waals surface area contributed by atoms with E-state index in [1.165, 1.54) is 0 Å². The number of rotatable bonds is 8. The minimum atomic E-state index is -0.239. The van der Waals surface area contributed by atoms with E-state index in [0.29, 0.717) is 16.5 Å². The molecule has 1 aliphatic heterocycles. The van der Waals surface area contributed by atoms with E-state index in [-0.39, 0.29) is 24.6 Å². The number of nitrogens with zero attached hydrogens (tertiary/aromatic N) is 4. The summed E-state index contributed by atoms with van der Waals surface area (Å²) in [5, 5.41) is 6.98. The number of nitrogens with one attached hydrogen (secondary N) is 2. The van der Waals surface area contributed by atoms with Crippen molar-refractivity contribution in [2.45, 2.75) is 19.0 Å². The number of hydrogen-bond donors (Lipinski definition) is 2. The number of para-hydroxylation sites is 1. The number of aromatic nitrogens is 3. The van der Waals surface area contributed by atoms with Gasteiger partial charge in [-0.2, -0.15) is 0 Å². The summed E-state index contributed by atoms with van der Waals surface area (Å²) in [6.07, 6.45) is 5.67. The van der Waals surface area contributed by atoms with Gasteiger partial charge in [0.15, 0.2) is 11.7 Å². The first-order chi connectivity index (χ1) is 20.1. The predicted molar refractivity (Wildman–Crippen MR) is 163 cm³/mol. The van der Waals surface area contributed by atoms with Crippen LogP contribution in [0.1, 0.15) is 29.0 Å². The monoisotopic (exact) mass is 560 g/mol. The number of anilines is 2. The number of pyridine rings is 2. The van der Waals surface area contributed by atoms with Gasteiger partial charge in [-0.05, 0) is 91.4 Å². The molecule has 6 rings (SSSR count). The Bertz CT molecular complexity index is 1640. The molecule has 5 aromatic rings. The molecule has 2 N–H and O–H groups in total. The summed E-state index contributed by atoms with van der Waals surface area (Å²) < 4.78 is 7.65. The zero-order chi connectivity index (χ0) is 28.2. The molecular formula is C32H28N6O2S. The van der Waals surface area contributed by atoms with Gasteiger partial charge in [0.2, 0.25) is 0 Å². The minimum absolute atomic E-state index is 0.0796. The Kier molecular flexibility index (Phi) is 7.42. The normalized spacial score (nSPS) is 16.3. The molecule has 0 unspecified atom stereocenters. The standard InChI is InChI=1S/C32H28N6O2S/c1-22-12-17-28(34-20-22)37-19-7-11-27(37)31-30(26-10-5-6-18-33-26)36-32(41)38(31)24-15-13-23(14-16-24)35-29(39)21-40-25-8-3-2-4-9-25/h2-20,30-31H,21H2,1H3,(H,35,39)(H,36,41)/t30-,31-/m0/s1. The van der Waals surface area contributed by atoms with E-state index in [1.807, 2.05) is 104 Å². The topological polar surface area (TPSA) is 84.3 Å². The number of carbonyl (C=O) groups is 1. The SMILES string of the molecule is Cc1ccc(-n2cccc2[C@H]2[C@H](c3ccccn3)NC(=S)N2c2ccc(NC(=O)COc3ccccc3)cc2)nc1. The van der Waals surface area contributed by atoms with Gasteiger partial charge >= 0.3 is 0 Å². The van der Waals surface area contributed by atoms with Crippen LogP contribution in [0.5, 0.6) is 5.75 Å². The number of benzene rings is 2. The maximum absolute atomic E-state index is 12.5. The second-order valence-electron chi connectivity index (χ2n) is 9.69. The van der Waals surface area contributed by atoms with Gasteiger partial charge in [-0.3, -0.25) is 9.78 Å². The lowest BCUT2D eigenvalue weighted by molar-refractivity contribution is -0.118. The fourth-order valence-electron chi connectivity index (χ4n) is 4.95. The third-order valence-corrected chi connectivity index (χ3v) is 7.18. The van der Waals surface area contributed by atoms with E-state index in [1.54, 1.807) is 6.20 Å². The van der Waals surface area contributed by atoms with Crippen molar-refractivity contribution in [3.8, 4) is 11.6 Å². The molecule has 9 heteroatoms. The maximum Gasteiger partial charge on any atom is 0.262 e. The third-order valence-electron chi connectivity index (χ3n) is 6.87. The van der Waals surface area contributed by atoms with Crippen LogP contribution in [0.15, 0.2) is 116 Å². The first-order valence-corrected chi connectivity index (χ1v) is 13.7. The van der Waals surface area contributed by atoms with Gasteiger partial charge in [0.05, 0.1) is 11.7 Å². The zero-order valence-corrected chi connectivity index (χ0v) is 23.2. The lowest BCUT2D eigenvalue weighted by atomic mass is 10.0. The van der Waals surface area contributed by atoms with Gasteiger partial charge in [0.1, 0.15) is 17.6 Å². The van der Waals surface area contributed by atoms with Crippen LogP contribution in [0.2, 0.25) is 0 Å². The van der Waals surface area contributed by atoms with Crippen LogP contribution in [-0.2, 0) is 4.79 Å². The highest BCUT2D eigenvalue weighted by atomic mass is 32.1. The quantitative estimate of drug-likeness (QED) is 0.233. The average molecular weight is 561 g/mol. The summed E-state index contributed by atoms with van der Waals surface area (Å²) in [5.74, 6) is 1.23. The molecule has 4 heterocycles. The molecule has 0 saturated carbocycles.